The first-order valence-electron chi connectivity index (χ1n) is 5.46. The predicted octanol–water partition coefficient (Wildman–Crippen LogP) is 2.50. The second-order valence-corrected chi connectivity index (χ2v) is 4.70. The van der Waals surface area contributed by atoms with Gasteiger partial charge in [-0.3, -0.25) is 0 Å². The average molecular weight is 225 g/mol. The molecule has 2 N–H and O–H groups in total. The first-order valence-corrected chi connectivity index (χ1v) is 5.46. The number of aromatic carboxylic acids is 1. The Kier molecular flexibility index (Phi) is 4.12. The van der Waals surface area contributed by atoms with Gasteiger partial charge in [-0.05, 0) is 17.9 Å². The van der Waals surface area contributed by atoms with E-state index in [9.17, 15) is 4.79 Å². The summed E-state index contributed by atoms with van der Waals surface area (Å²) in [5, 5.41) is 12.1. The molecule has 0 saturated heterocycles. The first kappa shape index (κ1) is 12.8. The highest BCUT2D eigenvalue weighted by Gasteiger charge is 2.16. The number of carbonyl (C=O) groups is 1. The lowest BCUT2D eigenvalue weighted by Crippen LogP contribution is -2.28. The van der Waals surface area contributed by atoms with Gasteiger partial charge in [0.25, 0.3) is 0 Å². The highest BCUT2D eigenvalue weighted by Crippen LogP contribution is 2.18. The van der Waals surface area contributed by atoms with E-state index in [0.717, 1.165) is 13.0 Å². The van der Waals surface area contributed by atoms with Crippen molar-refractivity contribution < 1.29 is 14.3 Å². The summed E-state index contributed by atoms with van der Waals surface area (Å²) in [5.74, 6) is -0.988. The van der Waals surface area contributed by atoms with E-state index in [2.05, 4.69) is 26.1 Å². The molecule has 0 radical (unpaired) electrons. The highest BCUT2D eigenvalue weighted by atomic mass is 16.4. The first-order chi connectivity index (χ1) is 7.46. The van der Waals surface area contributed by atoms with Crippen LogP contribution in [-0.4, -0.2) is 17.6 Å². The van der Waals surface area contributed by atoms with Crippen LogP contribution >= 0.6 is 0 Å². The van der Waals surface area contributed by atoms with Gasteiger partial charge >= 0.3 is 5.97 Å². The van der Waals surface area contributed by atoms with Gasteiger partial charge in [-0.1, -0.05) is 20.8 Å². The zero-order valence-electron chi connectivity index (χ0n) is 10.0. The Hall–Kier alpha value is -1.29. The summed E-state index contributed by atoms with van der Waals surface area (Å²) in [6.45, 7) is 7.87. The molecule has 1 aromatic rings. The maximum Gasteiger partial charge on any atom is 0.372 e. The summed E-state index contributed by atoms with van der Waals surface area (Å²) in [7, 11) is 0. The van der Waals surface area contributed by atoms with Crippen molar-refractivity contribution in [1.29, 1.82) is 0 Å². The van der Waals surface area contributed by atoms with Crippen LogP contribution < -0.4 is 5.32 Å². The summed E-state index contributed by atoms with van der Waals surface area (Å²) >= 11 is 0. The minimum atomic E-state index is -1.02. The fourth-order valence-electron chi connectivity index (χ4n) is 1.32. The van der Waals surface area contributed by atoms with Gasteiger partial charge in [-0.15, -0.1) is 0 Å². The molecule has 0 aromatic carbocycles. The number of hydrogen-bond donors (Lipinski definition) is 2. The van der Waals surface area contributed by atoms with E-state index in [1.807, 2.05) is 0 Å². The molecule has 0 aliphatic rings. The van der Waals surface area contributed by atoms with E-state index in [-0.39, 0.29) is 11.2 Å². The van der Waals surface area contributed by atoms with Crippen LogP contribution in [0.25, 0.3) is 0 Å². The third-order valence-corrected chi connectivity index (χ3v) is 2.82. The molecule has 0 bridgehead atoms. The number of furan rings is 1. The third kappa shape index (κ3) is 3.38. The molecule has 0 aliphatic carbocycles. The topological polar surface area (TPSA) is 62.5 Å². The van der Waals surface area contributed by atoms with Gasteiger partial charge < -0.3 is 14.8 Å². The molecule has 0 aliphatic heterocycles. The van der Waals surface area contributed by atoms with Crippen LogP contribution in [0.2, 0.25) is 0 Å². The van der Waals surface area contributed by atoms with Crippen LogP contribution in [0.3, 0.4) is 0 Å². The summed E-state index contributed by atoms with van der Waals surface area (Å²) in [4.78, 5) is 10.8. The Morgan fingerprint density at radius 2 is 2.25 bits per heavy atom. The summed E-state index contributed by atoms with van der Waals surface area (Å²) in [6.07, 6.45) is 2.49. The van der Waals surface area contributed by atoms with Gasteiger partial charge in [0, 0.05) is 18.7 Å². The molecule has 0 fully saturated rings. The molecular weight excluding hydrogens is 206 g/mol. The predicted molar refractivity (Wildman–Crippen MR) is 61.4 cm³/mol. The molecule has 1 aromatic heterocycles. The number of hydrogen-bond acceptors (Lipinski definition) is 3. The minimum Gasteiger partial charge on any atom is -0.475 e. The van der Waals surface area contributed by atoms with Crippen molar-refractivity contribution in [1.82, 2.24) is 5.32 Å². The minimum absolute atomic E-state index is 0.0294. The van der Waals surface area contributed by atoms with Crippen molar-refractivity contribution in [3.8, 4) is 0 Å². The van der Waals surface area contributed by atoms with Crippen LogP contribution in [0.1, 0.15) is 43.3 Å². The van der Waals surface area contributed by atoms with Gasteiger partial charge in [0.1, 0.15) is 0 Å². The summed E-state index contributed by atoms with van der Waals surface area (Å²) < 4.78 is 4.90. The van der Waals surface area contributed by atoms with E-state index in [1.165, 1.54) is 6.26 Å². The lowest BCUT2D eigenvalue weighted by molar-refractivity contribution is 0.0660. The maximum atomic E-state index is 10.8. The van der Waals surface area contributed by atoms with Crippen molar-refractivity contribution in [3.05, 3.63) is 23.7 Å². The molecule has 90 valence electrons. The quantitative estimate of drug-likeness (QED) is 0.780. The zero-order chi connectivity index (χ0) is 12.2. The SMILES string of the molecule is CCC(C)(C)CNCc1ccoc1C(=O)O. The largest absolute Gasteiger partial charge is 0.475 e. The maximum absolute atomic E-state index is 10.8. The number of carboxylic acid groups (broad SMARTS) is 1. The lowest BCUT2D eigenvalue weighted by atomic mass is 9.90. The molecule has 4 nitrogen and oxygen atoms in total. The molecule has 0 amide bonds. The van der Waals surface area contributed by atoms with Gasteiger partial charge in [0.15, 0.2) is 0 Å². The van der Waals surface area contributed by atoms with Gasteiger partial charge in [-0.2, -0.15) is 0 Å². The summed E-state index contributed by atoms with van der Waals surface area (Å²) in [6, 6.07) is 1.69. The fourth-order valence-corrected chi connectivity index (χ4v) is 1.32. The van der Waals surface area contributed by atoms with Crippen molar-refractivity contribution in [2.45, 2.75) is 33.7 Å². The van der Waals surface area contributed by atoms with Crippen molar-refractivity contribution in [3.63, 3.8) is 0 Å². The Labute approximate surface area is 95.7 Å². The van der Waals surface area contributed by atoms with Crippen LogP contribution in [-0.2, 0) is 6.54 Å². The van der Waals surface area contributed by atoms with Gasteiger partial charge in [0.05, 0.1) is 6.26 Å². The molecular formula is C12H19NO3. The van der Waals surface area contributed by atoms with Crippen LogP contribution in [0.5, 0.6) is 0 Å². The molecule has 4 heteroatoms. The summed E-state index contributed by atoms with van der Waals surface area (Å²) in [5.41, 5.74) is 0.923. The van der Waals surface area contributed by atoms with Gasteiger partial charge in [-0.25, -0.2) is 4.79 Å². The van der Waals surface area contributed by atoms with Crippen LogP contribution in [0.4, 0.5) is 0 Å². The highest BCUT2D eigenvalue weighted by molar-refractivity contribution is 5.86. The van der Waals surface area contributed by atoms with Crippen LogP contribution in [0.15, 0.2) is 16.7 Å². The molecule has 16 heavy (non-hydrogen) atoms. The molecule has 0 unspecified atom stereocenters. The van der Waals surface area contributed by atoms with Crippen molar-refractivity contribution in [2.24, 2.45) is 5.41 Å². The standard InChI is InChI=1S/C12H19NO3/c1-4-12(2,3)8-13-7-9-5-6-16-10(9)11(14)15/h5-6,13H,4,7-8H2,1-3H3,(H,14,15). The number of nitrogens with one attached hydrogen (secondary N) is 1. The normalized spacial score (nSPS) is 11.7. The number of rotatable bonds is 6. The molecule has 0 saturated carbocycles. The van der Waals surface area contributed by atoms with E-state index >= 15 is 0 Å². The van der Waals surface area contributed by atoms with Crippen molar-refractivity contribution in [2.75, 3.05) is 6.54 Å². The second-order valence-electron chi connectivity index (χ2n) is 4.70. The van der Waals surface area contributed by atoms with Crippen LogP contribution in [0, 0.1) is 5.41 Å². The molecule has 1 rings (SSSR count). The molecule has 0 atom stereocenters. The molecule has 1 heterocycles. The second kappa shape index (κ2) is 5.16. The Balaban J connectivity index is 2.49. The van der Waals surface area contributed by atoms with E-state index in [1.54, 1.807) is 6.07 Å². The number of carboxylic acids is 1. The Morgan fingerprint density at radius 3 is 2.81 bits per heavy atom. The average Bonchev–Trinajstić information content (AvgIpc) is 2.66. The van der Waals surface area contributed by atoms with Gasteiger partial charge in [0.2, 0.25) is 5.76 Å². The zero-order valence-corrected chi connectivity index (χ0v) is 10.0. The Morgan fingerprint density at radius 1 is 1.56 bits per heavy atom. The van der Waals surface area contributed by atoms with Crippen molar-refractivity contribution >= 4 is 5.97 Å². The molecule has 0 spiro atoms. The Bertz CT molecular complexity index is 355. The van der Waals surface area contributed by atoms with E-state index < -0.39 is 5.97 Å². The smallest absolute Gasteiger partial charge is 0.372 e. The fraction of sp³-hybridized carbons (Fsp3) is 0.583. The monoisotopic (exact) mass is 225 g/mol. The lowest BCUT2D eigenvalue weighted by Gasteiger charge is -2.22. The van der Waals surface area contributed by atoms with E-state index in [4.69, 9.17) is 9.52 Å². The van der Waals surface area contributed by atoms with E-state index in [0.29, 0.717) is 12.1 Å². The third-order valence-electron chi connectivity index (χ3n) is 2.82.